The highest BCUT2D eigenvalue weighted by Gasteiger charge is 2.31. The minimum Gasteiger partial charge on any atom is -0.396 e. The summed E-state index contributed by atoms with van der Waals surface area (Å²) in [7, 11) is 0. The van der Waals surface area contributed by atoms with Crippen molar-refractivity contribution in [3.05, 3.63) is 35.4 Å². The van der Waals surface area contributed by atoms with Crippen LogP contribution >= 0.6 is 24.0 Å². The molecule has 0 unspecified atom stereocenters. The maximum absolute atomic E-state index is 12.6. The number of aliphatic hydroxyl groups is 1. The summed E-state index contributed by atoms with van der Waals surface area (Å²) in [4.78, 5) is 30.4. The van der Waals surface area contributed by atoms with E-state index in [2.05, 4.69) is 16.0 Å². The topological polar surface area (TPSA) is 106 Å². The summed E-state index contributed by atoms with van der Waals surface area (Å²) >= 11 is 0. The lowest BCUT2D eigenvalue weighted by molar-refractivity contribution is -0.123. The summed E-state index contributed by atoms with van der Waals surface area (Å²) in [6.45, 7) is 5.50. The number of amides is 2. The van der Waals surface area contributed by atoms with Crippen molar-refractivity contribution in [1.82, 2.24) is 20.9 Å². The highest BCUT2D eigenvalue weighted by Crippen LogP contribution is 2.38. The lowest BCUT2D eigenvalue weighted by Gasteiger charge is -2.37. The van der Waals surface area contributed by atoms with Crippen LogP contribution in [-0.2, 0) is 11.3 Å². The SMILES string of the molecule is CCNC(=NCc1ccc(C(=O)N2CCNC(=O)C2)cc1)NCC1(CCO)CCCCC1.I. The predicted octanol–water partition coefficient (Wildman–Crippen LogP) is 2.26. The summed E-state index contributed by atoms with van der Waals surface area (Å²) in [6, 6.07) is 7.44. The van der Waals surface area contributed by atoms with Gasteiger partial charge in [0.05, 0.1) is 13.1 Å². The minimum atomic E-state index is -0.119. The number of rotatable bonds is 8. The van der Waals surface area contributed by atoms with Crippen molar-refractivity contribution in [2.24, 2.45) is 10.4 Å². The zero-order chi connectivity index (χ0) is 22.8. The van der Waals surface area contributed by atoms with E-state index in [4.69, 9.17) is 4.99 Å². The first kappa shape index (κ1) is 27.4. The smallest absolute Gasteiger partial charge is 0.254 e. The van der Waals surface area contributed by atoms with Gasteiger partial charge in [-0.2, -0.15) is 0 Å². The molecule has 3 rings (SSSR count). The highest BCUT2D eigenvalue weighted by molar-refractivity contribution is 14.0. The first-order valence-corrected chi connectivity index (χ1v) is 11.8. The molecule has 2 fully saturated rings. The molecular formula is C24H38IN5O3. The summed E-state index contributed by atoms with van der Waals surface area (Å²) in [5.41, 5.74) is 1.75. The largest absolute Gasteiger partial charge is 0.396 e. The Morgan fingerprint density at radius 1 is 1.18 bits per heavy atom. The number of guanidine groups is 1. The molecule has 0 spiro atoms. The molecule has 1 saturated carbocycles. The molecule has 2 aliphatic rings. The van der Waals surface area contributed by atoms with E-state index < -0.39 is 0 Å². The van der Waals surface area contributed by atoms with Crippen molar-refractivity contribution < 1.29 is 14.7 Å². The van der Waals surface area contributed by atoms with Gasteiger partial charge < -0.3 is 26.0 Å². The zero-order valence-electron chi connectivity index (χ0n) is 19.6. The molecule has 2 amide bonds. The van der Waals surface area contributed by atoms with Gasteiger partial charge in [-0.25, -0.2) is 4.99 Å². The molecule has 1 saturated heterocycles. The van der Waals surface area contributed by atoms with Gasteiger partial charge in [0.2, 0.25) is 5.91 Å². The van der Waals surface area contributed by atoms with Crippen LogP contribution in [0.15, 0.2) is 29.3 Å². The third kappa shape index (κ3) is 8.13. The molecule has 9 heteroatoms. The summed E-state index contributed by atoms with van der Waals surface area (Å²) in [5.74, 6) is 0.537. The molecule has 0 atom stereocenters. The van der Waals surface area contributed by atoms with Crippen molar-refractivity contribution in [1.29, 1.82) is 0 Å². The minimum absolute atomic E-state index is 0. The molecule has 184 valence electrons. The maximum Gasteiger partial charge on any atom is 0.254 e. The van der Waals surface area contributed by atoms with Crippen LogP contribution in [0.3, 0.4) is 0 Å². The van der Waals surface area contributed by atoms with Gasteiger partial charge in [-0.3, -0.25) is 9.59 Å². The zero-order valence-corrected chi connectivity index (χ0v) is 21.9. The van der Waals surface area contributed by atoms with E-state index in [1.165, 1.54) is 19.3 Å². The summed E-state index contributed by atoms with van der Waals surface area (Å²) < 4.78 is 0. The van der Waals surface area contributed by atoms with Crippen LogP contribution in [0.5, 0.6) is 0 Å². The first-order chi connectivity index (χ1) is 15.5. The second-order valence-electron chi connectivity index (χ2n) is 8.86. The second kappa shape index (κ2) is 13.7. The monoisotopic (exact) mass is 571 g/mol. The fourth-order valence-electron chi connectivity index (χ4n) is 4.58. The van der Waals surface area contributed by atoms with Crippen molar-refractivity contribution in [3.63, 3.8) is 0 Å². The number of carbonyl (C=O) groups excluding carboxylic acids is 2. The number of hydrogen-bond donors (Lipinski definition) is 4. The van der Waals surface area contributed by atoms with Crippen LogP contribution in [0.25, 0.3) is 0 Å². The van der Waals surface area contributed by atoms with Crippen molar-refractivity contribution in [3.8, 4) is 0 Å². The number of piperazine rings is 1. The number of halogens is 1. The van der Waals surface area contributed by atoms with Gasteiger partial charge in [-0.05, 0) is 49.3 Å². The Bertz CT molecular complexity index is 788. The van der Waals surface area contributed by atoms with Gasteiger partial charge >= 0.3 is 0 Å². The molecular weight excluding hydrogens is 533 g/mol. The summed E-state index contributed by atoms with van der Waals surface area (Å²) in [6.07, 6.45) is 6.85. The molecule has 1 aliphatic heterocycles. The van der Waals surface area contributed by atoms with E-state index >= 15 is 0 Å². The van der Waals surface area contributed by atoms with E-state index in [0.717, 1.165) is 43.9 Å². The number of nitrogens with zero attached hydrogens (tertiary/aromatic N) is 2. The standard InChI is InChI=1S/C24H37N5O3.HI/c1-2-25-23(28-18-24(12-15-30)10-4-3-5-11-24)27-16-19-6-8-20(9-7-19)22(32)29-14-13-26-21(31)17-29;/h6-9,30H,2-5,10-18H2,1H3,(H,26,31)(H2,25,27,28);1H. The predicted molar refractivity (Wildman–Crippen MR) is 141 cm³/mol. The van der Waals surface area contributed by atoms with Crippen LogP contribution in [0.1, 0.15) is 61.4 Å². The Kier molecular flexibility index (Phi) is 11.4. The Hall–Kier alpha value is -1.88. The van der Waals surface area contributed by atoms with Crippen LogP contribution in [0, 0.1) is 5.41 Å². The third-order valence-corrected chi connectivity index (χ3v) is 6.48. The first-order valence-electron chi connectivity index (χ1n) is 11.8. The average molecular weight is 572 g/mol. The van der Waals surface area contributed by atoms with Gasteiger partial charge in [0.15, 0.2) is 5.96 Å². The van der Waals surface area contributed by atoms with Crippen molar-refractivity contribution in [2.45, 2.75) is 52.0 Å². The van der Waals surface area contributed by atoms with Crippen LogP contribution in [0.2, 0.25) is 0 Å². The number of aliphatic hydroxyl groups excluding tert-OH is 1. The third-order valence-electron chi connectivity index (χ3n) is 6.48. The van der Waals surface area contributed by atoms with E-state index in [9.17, 15) is 14.7 Å². The van der Waals surface area contributed by atoms with Crippen LogP contribution in [0.4, 0.5) is 0 Å². The molecule has 33 heavy (non-hydrogen) atoms. The van der Waals surface area contributed by atoms with E-state index in [1.54, 1.807) is 17.0 Å². The Balaban J connectivity index is 0.00000385. The Labute approximate surface area is 214 Å². The molecule has 1 heterocycles. The van der Waals surface area contributed by atoms with Crippen LogP contribution < -0.4 is 16.0 Å². The number of benzene rings is 1. The second-order valence-corrected chi connectivity index (χ2v) is 8.86. The molecule has 1 aliphatic carbocycles. The number of nitrogens with one attached hydrogen (secondary N) is 3. The van der Waals surface area contributed by atoms with Gasteiger partial charge in [0.25, 0.3) is 5.91 Å². The average Bonchev–Trinajstić information content (AvgIpc) is 2.81. The fourth-order valence-corrected chi connectivity index (χ4v) is 4.58. The molecule has 0 radical (unpaired) electrons. The molecule has 1 aromatic rings. The molecule has 8 nitrogen and oxygen atoms in total. The maximum atomic E-state index is 12.6. The fraction of sp³-hybridized carbons (Fsp3) is 0.625. The lowest BCUT2D eigenvalue weighted by Crippen LogP contribution is -2.49. The number of aliphatic imine (C=N–C) groups is 1. The summed E-state index contributed by atoms with van der Waals surface area (Å²) in [5, 5.41) is 19.1. The molecule has 4 N–H and O–H groups in total. The lowest BCUT2D eigenvalue weighted by atomic mass is 9.72. The number of carbonyl (C=O) groups is 2. The Morgan fingerprint density at radius 3 is 2.55 bits per heavy atom. The Morgan fingerprint density at radius 2 is 1.91 bits per heavy atom. The van der Waals surface area contributed by atoms with Crippen LogP contribution in [-0.4, -0.2) is 67.1 Å². The van der Waals surface area contributed by atoms with Crippen molar-refractivity contribution in [2.75, 3.05) is 39.3 Å². The van der Waals surface area contributed by atoms with Crippen molar-refractivity contribution >= 4 is 41.8 Å². The van der Waals surface area contributed by atoms with Gasteiger partial charge in [-0.1, -0.05) is 31.4 Å². The van der Waals surface area contributed by atoms with Gasteiger partial charge in [0, 0.05) is 38.3 Å². The van der Waals surface area contributed by atoms with E-state index in [1.807, 2.05) is 19.1 Å². The molecule has 0 aromatic heterocycles. The molecule has 1 aromatic carbocycles. The normalized spacial score (nSPS) is 18.2. The number of hydrogen-bond acceptors (Lipinski definition) is 4. The molecule has 0 bridgehead atoms. The highest BCUT2D eigenvalue weighted by atomic mass is 127. The van der Waals surface area contributed by atoms with Gasteiger partial charge in [-0.15, -0.1) is 24.0 Å². The van der Waals surface area contributed by atoms with Gasteiger partial charge in [0.1, 0.15) is 0 Å². The van der Waals surface area contributed by atoms with E-state index in [-0.39, 0.29) is 54.4 Å². The van der Waals surface area contributed by atoms with E-state index in [0.29, 0.717) is 25.2 Å². The quantitative estimate of drug-likeness (QED) is 0.218.